The van der Waals surface area contributed by atoms with Crippen LogP contribution in [0.4, 0.5) is 0 Å². The number of nitrogens with zero attached hydrogens (tertiary/aromatic N) is 3. The number of benzene rings is 1. The van der Waals surface area contributed by atoms with Crippen molar-refractivity contribution in [3.05, 3.63) is 46.8 Å². The molecule has 1 aromatic heterocycles. The monoisotopic (exact) mass is 341 g/mol. The number of carbonyl (C=O) groups is 2. The number of esters is 2. The quantitative estimate of drug-likeness (QED) is 0.608. The fourth-order valence-corrected chi connectivity index (χ4v) is 2.03. The molecule has 0 radical (unpaired) electrons. The van der Waals surface area contributed by atoms with Gasteiger partial charge in [-0.25, -0.2) is 14.3 Å². The van der Waals surface area contributed by atoms with E-state index in [1.54, 1.807) is 13.8 Å². The molecule has 0 aliphatic rings. The maximum Gasteiger partial charge on any atom is 0.384 e. The lowest BCUT2D eigenvalue weighted by atomic mass is 10.1. The minimum absolute atomic E-state index is 0.0224. The lowest BCUT2D eigenvalue weighted by Crippen LogP contribution is -2.10. The first-order valence-electron chi connectivity index (χ1n) is 7.90. The molecular weight excluding hydrogens is 322 g/mol. The number of aryl methyl sites for hydroxylation is 1. The molecule has 0 aliphatic carbocycles. The molecule has 0 unspecified atom stereocenters. The average Bonchev–Trinajstić information content (AvgIpc) is 2.98. The van der Waals surface area contributed by atoms with Crippen LogP contribution in [0, 0.1) is 18.8 Å². The second-order valence-electron chi connectivity index (χ2n) is 5.12. The van der Waals surface area contributed by atoms with E-state index in [0.29, 0.717) is 6.54 Å². The Kier molecular flexibility index (Phi) is 6.29. The normalized spacial score (nSPS) is 9.88. The minimum atomic E-state index is -0.680. The Morgan fingerprint density at radius 2 is 1.80 bits per heavy atom. The predicted molar refractivity (Wildman–Crippen MR) is 89.8 cm³/mol. The zero-order valence-corrected chi connectivity index (χ0v) is 14.4. The van der Waals surface area contributed by atoms with Crippen molar-refractivity contribution in [2.75, 3.05) is 13.2 Å². The Hall–Kier alpha value is -3.14. The molecule has 130 valence electrons. The lowest BCUT2D eigenvalue weighted by Gasteiger charge is -2.04. The van der Waals surface area contributed by atoms with Gasteiger partial charge in [-0.05, 0) is 32.3 Å². The van der Waals surface area contributed by atoms with E-state index in [4.69, 9.17) is 9.47 Å². The Morgan fingerprint density at radius 1 is 1.12 bits per heavy atom. The maximum absolute atomic E-state index is 12.0. The van der Waals surface area contributed by atoms with Crippen LogP contribution in [0.3, 0.4) is 0 Å². The second-order valence-corrected chi connectivity index (χ2v) is 5.12. The number of hydrogen-bond acceptors (Lipinski definition) is 6. The van der Waals surface area contributed by atoms with Gasteiger partial charge in [0, 0.05) is 5.92 Å². The Balaban J connectivity index is 2.36. The summed E-state index contributed by atoms with van der Waals surface area (Å²) in [5.41, 5.74) is 2.29. The Bertz CT molecular complexity index is 813. The van der Waals surface area contributed by atoms with E-state index >= 15 is 0 Å². The molecule has 0 aliphatic heterocycles. The molecule has 7 nitrogen and oxygen atoms in total. The zero-order chi connectivity index (χ0) is 18.2. The number of aromatic nitrogens is 3. The third kappa shape index (κ3) is 4.91. The molecule has 0 N–H and O–H groups in total. The van der Waals surface area contributed by atoms with Crippen LogP contribution in [0.2, 0.25) is 0 Å². The molecule has 1 heterocycles. The third-order valence-corrected chi connectivity index (χ3v) is 3.22. The minimum Gasteiger partial charge on any atom is -0.461 e. The Labute approximate surface area is 145 Å². The highest BCUT2D eigenvalue weighted by Gasteiger charge is 2.20. The molecule has 25 heavy (non-hydrogen) atoms. The van der Waals surface area contributed by atoms with Crippen molar-refractivity contribution < 1.29 is 19.1 Å². The van der Waals surface area contributed by atoms with E-state index in [9.17, 15) is 9.59 Å². The van der Waals surface area contributed by atoms with Crippen LogP contribution in [0.1, 0.15) is 41.2 Å². The van der Waals surface area contributed by atoms with Crippen molar-refractivity contribution in [2.24, 2.45) is 0 Å². The first-order chi connectivity index (χ1) is 12.0. The van der Waals surface area contributed by atoms with Crippen LogP contribution >= 0.6 is 0 Å². The van der Waals surface area contributed by atoms with Crippen molar-refractivity contribution in [3.8, 4) is 11.8 Å². The topological polar surface area (TPSA) is 83.3 Å². The van der Waals surface area contributed by atoms with Crippen molar-refractivity contribution in [1.29, 1.82) is 0 Å². The van der Waals surface area contributed by atoms with E-state index in [2.05, 4.69) is 22.2 Å². The molecule has 1 aromatic carbocycles. The van der Waals surface area contributed by atoms with Crippen molar-refractivity contribution in [2.45, 2.75) is 27.3 Å². The number of hydrogen-bond donors (Lipinski definition) is 0. The van der Waals surface area contributed by atoms with Crippen LogP contribution in [-0.4, -0.2) is 40.1 Å². The van der Waals surface area contributed by atoms with E-state index in [1.165, 1.54) is 4.68 Å². The first-order valence-corrected chi connectivity index (χ1v) is 7.90. The molecule has 0 saturated carbocycles. The molecule has 0 atom stereocenters. The summed E-state index contributed by atoms with van der Waals surface area (Å²) in [6, 6.07) is 7.85. The van der Waals surface area contributed by atoms with Gasteiger partial charge in [0.15, 0.2) is 0 Å². The van der Waals surface area contributed by atoms with Gasteiger partial charge < -0.3 is 9.47 Å². The van der Waals surface area contributed by atoms with Crippen LogP contribution in [0.5, 0.6) is 0 Å². The van der Waals surface area contributed by atoms with Crippen molar-refractivity contribution in [3.63, 3.8) is 0 Å². The molecule has 2 aromatic rings. The van der Waals surface area contributed by atoms with Crippen LogP contribution in [-0.2, 0) is 20.8 Å². The van der Waals surface area contributed by atoms with Gasteiger partial charge in [-0.2, -0.15) is 0 Å². The number of rotatable bonds is 5. The molecule has 7 heteroatoms. The average molecular weight is 341 g/mol. The summed E-state index contributed by atoms with van der Waals surface area (Å²) in [7, 11) is 0. The van der Waals surface area contributed by atoms with E-state index in [1.807, 2.05) is 31.2 Å². The second kappa shape index (κ2) is 8.64. The van der Waals surface area contributed by atoms with Gasteiger partial charge in [-0.3, -0.25) is 0 Å². The van der Waals surface area contributed by atoms with Gasteiger partial charge in [0.2, 0.25) is 5.69 Å². The highest BCUT2D eigenvalue weighted by Crippen LogP contribution is 2.10. The maximum atomic E-state index is 12.0. The van der Waals surface area contributed by atoms with Crippen molar-refractivity contribution >= 4 is 11.9 Å². The summed E-state index contributed by atoms with van der Waals surface area (Å²) in [6.45, 7) is 6.16. The molecular formula is C18H19N3O4. The standard InChI is InChI=1S/C18H19N3O4/c1-4-24-16(22)11-10-15-17(18(23)25-5-2)19-20-21(15)12-14-8-6-13(3)7-9-14/h6-9H,4-5,12H2,1-3H3. The highest BCUT2D eigenvalue weighted by atomic mass is 16.5. The summed E-state index contributed by atoms with van der Waals surface area (Å²) in [4.78, 5) is 23.5. The zero-order valence-electron chi connectivity index (χ0n) is 14.4. The molecule has 0 spiro atoms. The van der Waals surface area contributed by atoms with Gasteiger partial charge >= 0.3 is 11.9 Å². The fourth-order valence-electron chi connectivity index (χ4n) is 2.03. The Morgan fingerprint density at radius 3 is 2.44 bits per heavy atom. The largest absolute Gasteiger partial charge is 0.461 e. The molecule has 0 fully saturated rings. The predicted octanol–water partition coefficient (Wildman–Crippen LogP) is 1.73. The van der Waals surface area contributed by atoms with Gasteiger partial charge in [-0.1, -0.05) is 35.0 Å². The van der Waals surface area contributed by atoms with E-state index in [-0.39, 0.29) is 24.6 Å². The van der Waals surface area contributed by atoms with Gasteiger partial charge in [-0.15, -0.1) is 5.10 Å². The van der Waals surface area contributed by atoms with Crippen LogP contribution in [0.15, 0.2) is 24.3 Å². The highest BCUT2D eigenvalue weighted by molar-refractivity contribution is 5.92. The number of ether oxygens (including phenoxy) is 2. The van der Waals surface area contributed by atoms with Crippen LogP contribution < -0.4 is 0 Å². The van der Waals surface area contributed by atoms with Crippen LogP contribution in [0.25, 0.3) is 0 Å². The molecule has 2 rings (SSSR count). The van der Waals surface area contributed by atoms with E-state index < -0.39 is 11.9 Å². The summed E-state index contributed by atoms with van der Waals surface area (Å²) in [6.07, 6.45) is 0. The SMILES string of the molecule is CCOC(=O)C#Cc1c(C(=O)OCC)nnn1Cc1ccc(C)cc1. The summed E-state index contributed by atoms with van der Waals surface area (Å²) < 4.78 is 11.2. The molecule has 0 bridgehead atoms. The van der Waals surface area contributed by atoms with Crippen molar-refractivity contribution in [1.82, 2.24) is 15.0 Å². The first kappa shape index (κ1) is 18.2. The van der Waals surface area contributed by atoms with Gasteiger partial charge in [0.25, 0.3) is 0 Å². The molecule has 0 saturated heterocycles. The number of carbonyl (C=O) groups excluding carboxylic acids is 2. The van der Waals surface area contributed by atoms with E-state index in [0.717, 1.165) is 11.1 Å². The fraction of sp³-hybridized carbons (Fsp3) is 0.333. The molecule has 0 amide bonds. The van der Waals surface area contributed by atoms with Gasteiger partial charge in [0.05, 0.1) is 19.8 Å². The lowest BCUT2D eigenvalue weighted by molar-refractivity contribution is -0.136. The summed E-state index contributed by atoms with van der Waals surface area (Å²) in [5, 5.41) is 7.83. The van der Waals surface area contributed by atoms with Gasteiger partial charge in [0.1, 0.15) is 5.69 Å². The smallest absolute Gasteiger partial charge is 0.384 e. The summed E-state index contributed by atoms with van der Waals surface area (Å²) in [5.74, 6) is 3.66. The third-order valence-electron chi connectivity index (χ3n) is 3.22. The summed E-state index contributed by atoms with van der Waals surface area (Å²) >= 11 is 0.